The molecule has 0 aromatic carbocycles. The first-order valence-electron chi connectivity index (χ1n) is 20.0. The Balaban J connectivity index is 1.03. The molecule has 0 radical (unpaired) electrons. The first kappa shape index (κ1) is 35.2. The third-order valence-corrected chi connectivity index (χ3v) is 13.2. The van der Waals surface area contributed by atoms with Crippen molar-refractivity contribution in [3.8, 4) is 0 Å². The summed E-state index contributed by atoms with van der Waals surface area (Å²) in [6.45, 7) is 5.65. The zero-order chi connectivity index (χ0) is 31.4. The molecule has 5 nitrogen and oxygen atoms in total. The first-order valence-corrected chi connectivity index (χ1v) is 20.0. The molecule has 5 fully saturated rings. The third kappa shape index (κ3) is 10.4. The molecule has 0 N–H and O–H groups in total. The molecule has 258 valence electrons. The standard InChI is InChI=1S/C40H68O5/c1-3-8-29-11-13-30(14-12-29)31-17-21-36(22-18-31)40(42)45-38(34-9-6-5-7-10-34)28-44-39(41)35-19-15-32(16-20-35)33-23-25-37(26-24-33)43-27-4-2/h29-38H,3-28H2,1-2H3. The number of carbonyl (C=O) groups excluding carboxylic acids is 2. The van der Waals surface area contributed by atoms with Crippen LogP contribution in [0.5, 0.6) is 0 Å². The molecule has 0 aromatic heterocycles. The largest absolute Gasteiger partial charge is 0.462 e. The van der Waals surface area contributed by atoms with E-state index in [0.717, 1.165) is 94.0 Å². The quantitative estimate of drug-likeness (QED) is 0.190. The summed E-state index contributed by atoms with van der Waals surface area (Å²) < 4.78 is 18.3. The fraction of sp³-hybridized carbons (Fsp3) is 0.950. The lowest BCUT2D eigenvalue weighted by Crippen LogP contribution is -2.38. The number of hydrogen-bond acceptors (Lipinski definition) is 5. The fourth-order valence-corrected chi connectivity index (χ4v) is 10.3. The summed E-state index contributed by atoms with van der Waals surface area (Å²) >= 11 is 0. The minimum absolute atomic E-state index is 0.0120. The van der Waals surface area contributed by atoms with Crippen molar-refractivity contribution in [3.05, 3.63) is 0 Å². The van der Waals surface area contributed by atoms with Crippen molar-refractivity contribution in [1.29, 1.82) is 0 Å². The molecule has 5 aliphatic carbocycles. The van der Waals surface area contributed by atoms with Crippen LogP contribution in [0.2, 0.25) is 0 Å². The lowest BCUT2D eigenvalue weighted by Gasteiger charge is -2.38. The summed E-state index contributed by atoms with van der Waals surface area (Å²) in [5, 5.41) is 0. The van der Waals surface area contributed by atoms with Gasteiger partial charge in [0.05, 0.1) is 17.9 Å². The average molecular weight is 629 g/mol. The highest BCUT2D eigenvalue weighted by molar-refractivity contribution is 5.73. The molecular weight excluding hydrogens is 560 g/mol. The fourth-order valence-electron chi connectivity index (χ4n) is 10.3. The molecule has 0 heterocycles. The predicted molar refractivity (Wildman–Crippen MR) is 181 cm³/mol. The van der Waals surface area contributed by atoms with Crippen molar-refractivity contribution in [3.63, 3.8) is 0 Å². The van der Waals surface area contributed by atoms with Gasteiger partial charge in [-0.1, -0.05) is 58.8 Å². The van der Waals surface area contributed by atoms with Gasteiger partial charge in [-0.05, 0) is 145 Å². The van der Waals surface area contributed by atoms with Gasteiger partial charge in [0.15, 0.2) is 0 Å². The van der Waals surface area contributed by atoms with Gasteiger partial charge in [-0.2, -0.15) is 0 Å². The summed E-state index contributed by atoms with van der Waals surface area (Å²) in [4.78, 5) is 26.7. The predicted octanol–water partition coefficient (Wildman–Crippen LogP) is 10.2. The highest BCUT2D eigenvalue weighted by atomic mass is 16.6. The smallest absolute Gasteiger partial charge is 0.309 e. The first-order chi connectivity index (χ1) is 22.0. The molecule has 5 aliphatic rings. The minimum atomic E-state index is -0.269. The summed E-state index contributed by atoms with van der Waals surface area (Å²) in [5.74, 6) is 4.51. The Morgan fingerprint density at radius 2 is 1.09 bits per heavy atom. The molecule has 0 aromatic rings. The van der Waals surface area contributed by atoms with Gasteiger partial charge in [-0.25, -0.2) is 0 Å². The molecule has 1 unspecified atom stereocenters. The van der Waals surface area contributed by atoms with Gasteiger partial charge >= 0.3 is 11.9 Å². The molecule has 5 rings (SSSR count). The Labute approximate surface area is 276 Å². The summed E-state index contributed by atoms with van der Waals surface area (Å²) in [6.07, 6.45) is 29.0. The molecule has 0 spiro atoms. The molecule has 0 saturated heterocycles. The Hall–Kier alpha value is -1.10. The van der Waals surface area contributed by atoms with Crippen molar-refractivity contribution >= 4 is 11.9 Å². The van der Waals surface area contributed by atoms with Gasteiger partial charge in [-0.3, -0.25) is 9.59 Å². The second kappa shape index (κ2) is 18.4. The Kier molecular flexibility index (Phi) is 14.4. The zero-order valence-corrected chi connectivity index (χ0v) is 29.2. The third-order valence-electron chi connectivity index (χ3n) is 13.2. The summed E-state index contributed by atoms with van der Waals surface area (Å²) in [7, 11) is 0. The van der Waals surface area contributed by atoms with Gasteiger partial charge in [0.1, 0.15) is 12.7 Å². The van der Waals surface area contributed by atoms with Crippen LogP contribution in [0, 0.1) is 47.3 Å². The lowest BCUT2D eigenvalue weighted by molar-refractivity contribution is -0.170. The number of esters is 2. The molecule has 45 heavy (non-hydrogen) atoms. The maximum absolute atomic E-state index is 13.5. The van der Waals surface area contributed by atoms with Crippen molar-refractivity contribution in [2.45, 2.75) is 180 Å². The van der Waals surface area contributed by atoms with E-state index in [-0.39, 0.29) is 36.5 Å². The van der Waals surface area contributed by atoms with E-state index in [4.69, 9.17) is 14.2 Å². The zero-order valence-electron chi connectivity index (χ0n) is 29.2. The molecule has 0 aliphatic heterocycles. The summed E-state index contributed by atoms with van der Waals surface area (Å²) in [5.41, 5.74) is 0. The van der Waals surface area contributed by atoms with E-state index in [1.54, 1.807) is 0 Å². The van der Waals surface area contributed by atoms with Crippen LogP contribution < -0.4 is 0 Å². The molecular formula is C40H68O5. The van der Waals surface area contributed by atoms with Crippen LogP contribution >= 0.6 is 0 Å². The SMILES string of the molecule is CCCOC1CCC(C2CCC(C(=O)OCC(OC(=O)C3CCC(C4CCC(CCC)CC4)CC3)C3CCCCC3)CC2)CC1. The van der Waals surface area contributed by atoms with Crippen molar-refractivity contribution < 1.29 is 23.8 Å². The highest BCUT2D eigenvalue weighted by Crippen LogP contribution is 2.43. The second-order valence-electron chi connectivity index (χ2n) is 16.2. The van der Waals surface area contributed by atoms with E-state index >= 15 is 0 Å². The van der Waals surface area contributed by atoms with Crippen LogP contribution in [-0.4, -0.2) is 37.4 Å². The van der Waals surface area contributed by atoms with E-state index in [1.165, 1.54) is 96.3 Å². The molecule has 0 amide bonds. The van der Waals surface area contributed by atoms with E-state index in [9.17, 15) is 9.59 Å². The van der Waals surface area contributed by atoms with Crippen LogP contribution in [0.25, 0.3) is 0 Å². The molecule has 1 atom stereocenters. The van der Waals surface area contributed by atoms with Gasteiger partial charge < -0.3 is 14.2 Å². The van der Waals surface area contributed by atoms with E-state index < -0.39 is 0 Å². The second-order valence-corrected chi connectivity index (χ2v) is 16.2. The highest BCUT2D eigenvalue weighted by Gasteiger charge is 2.37. The Bertz CT molecular complexity index is 850. The molecule has 5 saturated carbocycles. The van der Waals surface area contributed by atoms with Gasteiger partial charge in [0.2, 0.25) is 0 Å². The molecule has 5 heteroatoms. The number of rotatable bonds is 13. The lowest BCUT2D eigenvalue weighted by atomic mass is 9.69. The van der Waals surface area contributed by atoms with Gasteiger partial charge in [-0.15, -0.1) is 0 Å². The normalized spacial score (nSPS) is 35.8. The topological polar surface area (TPSA) is 61.8 Å². The van der Waals surface area contributed by atoms with E-state index in [1.807, 2.05) is 0 Å². The Morgan fingerprint density at radius 1 is 0.578 bits per heavy atom. The van der Waals surface area contributed by atoms with Crippen molar-refractivity contribution in [1.82, 2.24) is 0 Å². The van der Waals surface area contributed by atoms with Gasteiger partial charge in [0, 0.05) is 6.61 Å². The van der Waals surface area contributed by atoms with Crippen LogP contribution in [0.4, 0.5) is 0 Å². The van der Waals surface area contributed by atoms with E-state index in [2.05, 4.69) is 13.8 Å². The number of hydrogen-bond donors (Lipinski definition) is 0. The maximum atomic E-state index is 13.5. The van der Waals surface area contributed by atoms with Crippen molar-refractivity contribution in [2.24, 2.45) is 47.3 Å². The number of ether oxygens (including phenoxy) is 3. The molecule has 0 bridgehead atoms. The van der Waals surface area contributed by atoms with Crippen LogP contribution in [0.15, 0.2) is 0 Å². The van der Waals surface area contributed by atoms with Crippen LogP contribution in [-0.2, 0) is 23.8 Å². The average Bonchev–Trinajstić information content (AvgIpc) is 3.10. The van der Waals surface area contributed by atoms with E-state index in [0.29, 0.717) is 12.0 Å². The van der Waals surface area contributed by atoms with Gasteiger partial charge in [0.25, 0.3) is 0 Å². The van der Waals surface area contributed by atoms with Crippen LogP contribution in [0.1, 0.15) is 168 Å². The maximum Gasteiger partial charge on any atom is 0.309 e. The van der Waals surface area contributed by atoms with Crippen molar-refractivity contribution in [2.75, 3.05) is 13.2 Å². The Morgan fingerprint density at radius 3 is 1.62 bits per heavy atom. The minimum Gasteiger partial charge on any atom is -0.462 e. The number of carbonyl (C=O) groups is 2. The van der Waals surface area contributed by atoms with Crippen LogP contribution in [0.3, 0.4) is 0 Å². The summed E-state index contributed by atoms with van der Waals surface area (Å²) in [6, 6.07) is 0. The monoisotopic (exact) mass is 629 g/mol.